The van der Waals surface area contributed by atoms with Crippen molar-refractivity contribution in [1.82, 2.24) is 10.1 Å². The van der Waals surface area contributed by atoms with E-state index in [9.17, 15) is 9.59 Å². The Morgan fingerprint density at radius 2 is 2.35 bits per heavy atom. The van der Waals surface area contributed by atoms with Crippen LogP contribution in [0.5, 0.6) is 0 Å². The molecule has 3 rings (SSSR count). The molecule has 0 aliphatic heterocycles. The Hall–Kier alpha value is -1.56. The van der Waals surface area contributed by atoms with Crippen molar-refractivity contribution in [3.8, 4) is 0 Å². The van der Waals surface area contributed by atoms with Crippen LogP contribution in [0.2, 0.25) is 0 Å². The summed E-state index contributed by atoms with van der Waals surface area (Å²) in [6.45, 7) is 2.71. The number of nitrogens with one attached hydrogen (secondary N) is 1. The minimum Gasteiger partial charge on any atom is -0.378 e. The zero-order chi connectivity index (χ0) is 14.3. The molecule has 6 nitrogen and oxygen atoms in total. The molecule has 6 heteroatoms. The van der Waals surface area contributed by atoms with Crippen molar-refractivity contribution in [1.29, 1.82) is 0 Å². The van der Waals surface area contributed by atoms with Gasteiger partial charge < -0.3 is 14.6 Å². The normalized spacial score (nSPS) is 26.9. The van der Waals surface area contributed by atoms with Gasteiger partial charge in [0, 0.05) is 25.1 Å². The largest absolute Gasteiger partial charge is 0.378 e. The van der Waals surface area contributed by atoms with Gasteiger partial charge in [0.15, 0.2) is 0 Å². The first-order valence-electron chi connectivity index (χ1n) is 7.16. The van der Waals surface area contributed by atoms with Gasteiger partial charge in [-0.2, -0.15) is 4.74 Å². The minimum absolute atomic E-state index is 0.0758. The number of hydrogen-bond acceptors (Lipinski definition) is 4. The average molecular weight is 280 g/mol. The van der Waals surface area contributed by atoms with Crippen LogP contribution in [-0.4, -0.2) is 29.4 Å². The molecule has 2 fully saturated rings. The number of aromatic nitrogens is 1. The van der Waals surface area contributed by atoms with Gasteiger partial charge in [0.1, 0.15) is 0 Å². The number of rotatable bonds is 4. The van der Waals surface area contributed by atoms with Gasteiger partial charge in [-0.1, -0.05) is 6.42 Å². The summed E-state index contributed by atoms with van der Waals surface area (Å²) in [7, 11) is 1.49. The third-order valence-corrected chi connectivity index (χ3v) is 4.77. The molecule has 2 aliphatic rings. The van der Waals surface area contributed by atoms with Gasteiger partial charge in [-0.15, -0.1) is 0 Å². The quantitative estimate of drug-likeness (QED) is 0.895. The predicted molar refractivity (Wildman–Crippen MR) is 71.5 cm³/mol. The lowest BCUT2D eigenvalue weighted by molar-refractivity contribution is -0.169. The SMILES string of the molecule is CCO[C@@H]1C[C@@H](NC(=O)c2cc(=O)n(C)o2)C12CCC2. The summed E-state index contributed by atoms with van der Waals surface area (Å²) in [6, 6.07) is 1.35. The molecular formula is C14H20N2O4. The fourth-order valence-corrected chi connectivity index (χ4v) is 3.40. The van der Waals surface area contributed by atoms with Gasteiger partial charge in [0.05, 0.1) is 12.2 Å². The maximum absolute atomic E-state index is 12.1. The summed E-state index contributed by atoms with van der Waals surface area (Å²) in [4.78, 5) is 23.4. The van der Waals surface area contributed by atoms with Crippen LogP contribution >= 0.6 is 0 Å². The molecule has 20 heavy (non-hydrogen) atoms. The molecule has 2 aliphatic carbocycles. The Morgan fingerprint density at radius 1 is 1.60 bits per heavy atom. The van der Waals surface area contributed by atoms with Crippen LogP contribution in [-0.2, 0) is 11.8 Å². The molecule has 1 amide bonds. The van der Waals surface area contributed by atoms with Gasteiger partial charge in [-0.25, -0.2) is 0 Å². The molecule has 0 bridgehead atoms. The summed E-state index contributed by atoms with van der Waals surface area (Å²) in [6.07, 6.45) is 4.49. The molecule has 1 aromatic heterocycles. The highest BCUT2D eigenvalue weighted by Gasteiger charge is 2.59. The van der Waals surface area contributed by atoms with Gasteiger partial charge in [-0.3, -0.25) is 9.59 Å². The van der Waals surface area contributed by atoms with Crippen molar-refractivity contribution in [3.05, 3.63) is 22.2 Å². The summed E-state index contributed by atoms with van der Waals surface area (Å²) in [5.41, 5.74) is -0.199. The topological polar surface area (TPSA) is 73.5 Å². The van der Waals surface area contributed by atoms with Crippen LogP contribution in [0, 0.1) is 5.41 Å². The lowest BCUT2D eigenvalue weighted by Gasteiger charge is -2.60. The molecule has 1 heterocycles. The second-order valence-corrected chi connectivity index (χ2v) is 5.73. The summed E-state index contributed by atoms with van der Waals surface area (Å²) < 4.78 is 11.9. The zero-order valence-electron chi connectivity index (χ0n) is 11.8. The Bertz CT molecular complexity index is 570. The predicted octanol–water partition coefficient (Wildman–Crippen LogP) is 1.06. The van der Waals surface area contributed by atoms with E-state index in [1.165, 1.54) is 19.5 Å². The smallest absolute Gasteiger partial charge is 0.290 e. The highest BCUT2D eigenvalue weighted by Crippen LogP contribution is 2.57. The number of hydrogen-bond donors (Lipinski definition) is 1. The third-order valence-electron chi connectivity index (χ3n) is 4.77. The third kappa shape index (κ3) is 1.90. The van der Waals surface area contributed by atoms with E-state index in [-0.39, 0.29) is 34.8 Å². The van der Waals surface area contributed by atoms with Crippen LogP contribution < -0.4 is 10.9 Å². The van der Waals surface area contributed by atoms with Crippen molar-refractivity contribution >= 4 is 5.91 Å². The Morgan fingerprint density at radius 3 is 2.85 bits per heavy atom. The van der Waals surface area contributed by atoms with Crippen LogP contribution in [0.25, 0.3) is 0 Å². The van der Waals surface area contributed by atoms with Crippen LogP contribution in [0.1, 0.15) is 43.2 Å². The molecule has 1 spiro atoms. The van der Waals surface area contributed by atoms with Crippen LogP contribution in [0.15, 0.2) is 15.4 Å². The lowest BCUT2D eigenvalue weighted by atomic mass is 9.51. The Kier molecular flexibility index (Phi) is 3.20. The van der Waals surface area contributed by atoms with Gasteiger partial charge >= 0.3 is 0 Å². The van der Waals surface area contributed by atoms with Crippen molar-refractivity contribution in [2.24, 2.45) is 12.5 Å². The minimum atomic E-state index is -0.311. The number of nitrogens with zero attached hydrogens (tertiary/aromatic N) is 1. The Balaban J connectivity index is 1.67. The van der Waals surface area contributed by atoms with Gasteiger partial charge in [0.2, 0.25) is 5.76 Å². The average Bonchev–Trinajstić information content (AvgIpc) is 2.66. The van der Waals surface area contributed by atoms with Crippen molar-refractivity contribution < 1.29 is 14.1 Å². The van der Waals surface area contributed by atoms with E-state index in [4.69, 9.17) is 9.26 Å². The molecule has 110 valence electrons. The number of carbonyl (C=O) groups is 1. The molecule has 0 unspecified atom stereocenters. The maximum atomic E-state index is 12.1. The van der Waals surface area contributed by atoms with Gasteiger partial charge in [-0.05, 0) is 26.2 Å². The fraction of sp³-hybridized carbons (Fsp3) is 0.714. The first-order chi connectivity index (χ1) is 9.56. The van der Waals surface area contributed by atoms with Crippen LogP contribution in [0.3, 0.4) is 0 Å². The monoisotopic (exact) mass is 280 g/mol. The summed E-state index contributed by atoms with van der Waals surface area (Å²) in [5, 5.41) is 2.99. The molecule has 1 N–H and O–H groups in total. The first-order valence-corrected chi connectivity index (χ1v) is 7.16. The second-order valence-electron chi connectivity index (χ2n) is 5.73. The molecule has 2 atom stereocenters. The van der Waals surface area contributed by atoms with Gasteiger partial charge in [0.25, 0.3) is 11.5 Å². The maximum Gasteiger partial charge on any atom is 0.290 e. The summed E-state index contributed by atoms with van der Waals surface area (Å²) in [5.74, 6) is -0.235. The Labute approximate surface area is 117 Å². The van der Waals surface area contributed by atoms with E-state index < -0.39 is 0 Å². The summed E-state index contributed by atoms with van der Waals surface area (Å²) >= 11 is 0. The standard InChI is InChI=1S/C14H20N2O4/c1-3-19-11-8-10(14(11)5-4-6-14)15-13(18)9-7-12(17)16(2)20-9/h7,10-11H,3-6,8H2,1-2H3,(H,15,18)/t10-,11-/m1/s1. The highest BCUT2D eigenvalue weighted by molar-refractivity contribution is 5.91. The molecule has 0 aromatic carbocycles. The van der Waals surface area contributed by atoms with E-state index in [1.807, 2.05) is 6.92 Å². The first kappa shape index (κ1) is 13.4. The van der Waals surface area contributed by atoms with E-state index in [1.54, 1.807) is 0 Å². The van der Waals surface area contributed by atoms with Crippen molar-refractivity contribution in [2.75, 3.05) is 6.61 Å². The molecule has 2 saturated carbocycles. The zero-order valence-corrected chi connectivity index (χ0v) is 11.8. The van der Waals surface area contributed by atoms with Crippen molar-refractivity contribution in [2.45, 2.75) is 44.8 Å². The number of ether oxygens (including phenoxy) is 1. The second kappa shape index (κ2) is 4.77. The van der Waals surface area contributed by atoms with E-state index >= 15 is 0 Å². The molecule has 0 saturated heterocycles. The molecule has 1 aromatic rings. The molecule has 0 radical (unpaired) electrons. The number of amides is 1. The van der Waals surface area contributed by atoms with Crippen molar-refractivity contribution in [3.63, 3.8) is 0 Å². The highest BCUT2D eigenvalue weighted by atomic mass is 16.5. The van der Waals surface area contributed by atoms with E-state index in [0.717, 1.165) is 24.0 Å². The lowest BCUT2D eigenvalue weighted by Crippen LogP contribution is -2.67. The fourth-order valence-electron chi connectivity index (χ4n) is 3.40. The number of aryl methyl sites for hydroxylation is 1. The van der Waals surface area contributed by atoms with E-state index in [0.29, 0.717) is 6.61 Å². The molecular weight excluding hydrogens is 260 g/mol. The van der Waals surface area contributed by atoms with E-state index in [2.05, 4.69) is 5.32 Å². The van der Waals surface area contributed by atoms with Crippen LogP contribution in [0.4, 0.5) is 0 Å². The number of carbonyl (C=O) groups excluding carboxylic acids is 1.